The molecular formula is C20H15N3O3. The predicted molar refractivity (Wildman–Crippen MR) is 95.8 cm³/mol. The second-order valence-corrected chi connectivity index (χ2v) is 5.16. The Morgan fingerprint density at radius 1 is 1.08 bits per heavy atom. The Labute approximate surface area is 150 Å². The van der Waals surface area contributed by atoms with Crippen LogP contribution in [0.3, 0.4) is 0 Å². The van der Waals surface area contributed by atoms with E-state index in [0.717, 1.165) is 0 Å². The molecule has 0 heterocycles. The molecule has 1 N–H and O–H groups in total. The number of benzene rings is 2. The third-order valence-corrected chi connectivity index (χ3v) is 3.37. The SMILES string of the molecule is CCOC(=O)c1ccc(NC(=O)/C(C#N)=C\c2ccc(C#N)cc2)cc1. The van der Waals surface area contributed by atoms with Crippen LogP contribution in [0.15, 0.2) is 54.1 Å². The zero-order valence-corrected chi connectivity index (χ0v) is 14.0. The minimum absolute atomic E-state index is 0.0795. The van der Waals surface area contributed by atoms with Crippen molar-refractivity contribution >= 4 is 23.6 Å². The van der Waals surface area contributed by atoms with Gasteiger partial charge in [-0.3, -0.25) is 4.79 Å². The summed E-state index contributed by atoms with van der Waals surface area (Å²) in [6.07, 6.45) is 1.43. The first-order valence-corrected chi connectivity index (χ1v) is 7.78. The molecule has 0 fully saturated rings. The summed E-state index contributed by atoms with van der Waals surface area (Å²) >= 11 is 0. The molecule has 0 radical (unpaired) electrons. The molecule has 0 atom stereocenters. The minimum atomic E-state index is -0.569. The molecule has 0 unspecified atom stereocenters. The first-order chi connectivity index (χ1) is 12.6. The number of hydrogen-bond acceptors (Lipinski definition) is 5. The van der Waals surface area contributed by atoms with Gasteiger partial charge in [0.05, 0.1) is 23.8 Å². The Bertz CT molecular complexity index is 915. The van der Waals surface area contributed by atoms with E-state index in [9.17, 15) is 14.9 Å². The summed E-state index contributed by atoms with van der Waals surface area (Å²) < 4.78 is 4.89. The van der Waals surface area contributed by atoms with Crippen LogP contribution < -0.4 is 5.32 Å². The molecule has 2 aromatic carbocycles. The van der Waals surface area contributed by atoms with E-state index in [1.807, 2.05) is 12.1 Å². The molecule has 0 saturated heterocycles. The largest absolute Gasteiger partial charge is 0.462 e. The maximum atomic E-state index is 12.2. The highest BCUT2D eigenvalue weighted by molar-refractivity contribution is 6.09. The van der Waals surface area contributed by atoms with Crippen LogP contribution in [0, 0.1) is 22.7 Å². The van der Waals surface area contributed by atoms with E-state index in [2.05, 4.69) is 5.32 Å². The van der Waals surface area contributed by atoms with E-state index in [4.69, 9.17) is 10.00 Å². The topological polar surface area (TPSA) is 103 Å². The van der Waals surface area contributed by atoms with Crippen LogP contribution >= 0.6 is 0 Å². The Morgan fingerprint density at radius 2 is 1.73 bits per heavy atom. The van der Waals surface area contributed by atoms with E-state index >= 15 is 0 Å². The van der Waals surface area contributed by atoms with Gasteiger partial charge in [-0.1, -0.05) is 12.1 Å². The van der Waals surface area contributed by atoms with E-state index in [1.165, 1.54) is 18.2 Å². The van der Waals surface area contributed by atoms with Crippen LogP contribution in [0.2, 0.25) is 0 Å². The minimum Gasteiger partial charge on any atom is -0.462 e. The van der Waals surface area contributed by atoms with E-state index in [0.29, 0.717) is 22.4 Å². The zero-order chi connectivity index (χ0) is 18.9. The van der Waals surface area contributed by atoms with Gasteiger partial charge >= 0.3 is 5.97 Å². The zero-order valence-electron chi connectivity index (χ0n) is 14.0. The molecule has 2 aromatic rings. The number of rotatable bonds is 5. The molecule has 1 amide bonds. The molecule has 2 rings (SSSR count). The number of nitrogens with one attached hydrogen (secondary N) is 1. The summed E-state index contributed by atoms with van der Waals surface area (Å²) in [5.41, 5.74) is 1.87. The average Bonchev–Trinajstić information content (AvgIpc) is 2.67. The fourth-order valence-electron chi connectivity index (χ4n) is 2.07. The van der Waals surface area contributed by atoms with Crippen molar-refractivity contribution in [1.82, 2.24) is 0 Å². The van der Waals surface area contributed by atoms with Gasteiger partial charge in [0.25, 0.3) is 5.91 Å². The van der Waals surface area contributed by atoms with Gasteiger partial charge in [-0.05, 0) is 55.0 Å². The first-order valence-electron chi connectivity index (χ1n) is 7.78. The number of carbonyl (C=O) groups is 2. The summed E-state index contributed by atoms with van der Waals surface area (Å²) in [5, 5.41) is 20.6. The van der Waals surface area contributed by atoms with Crippen LogP contribution in [0.25, 0.3) is 6.08 Å². The molecule has 6 nitrogen and oxygen atoms in total. The monoisotopic (exact) mass is 345 g/mol. The lowest BCUT2D eigenvalue weighted by Gasteiger charge is -2.06. The van der Waals surface area contributed by atoms with Gasteiger partial charge < -0.3 is 10.1 Å². The highest BCUT2D eigenvalue weighted by atomic mass is 16.5. The fourth-order valence-corrected chi connectivity index (χ4v) is 2.07. The van der Waals surface area contributed by atoms with Gasteiger partial charge in [0, 0.05) is 5.69 Å². The van der Waals surface area contributed by atoms with E-state index < -0.39 is 11.9 Å². The summed E-state index contributed by atoms with van der Waals surface area (Å²) in [6.45, 7) is 2.00. The summed E-state index contributed by atoms with van der Waals surface area (Å²) in [5.74, 6) is -1.01. The standard InChI is InChI=1S/C20H15N3O3/c1-2-26-20(25)16-7-9-18(10-8-16)23-19(24)17(13-22)11-14-3-5-15(12-21)6-4-14/h3-11H,2H2,1H3,(H,23,24)/b17-11-. The van der Waals surface area contributed by atoms with Crippen molar-refractivity contribution in [3.63, 3.8) is 0 Å². The first kappa shape index (κ1) is 18.4. The number of carbonyl (C=O) groups excluding carboxylic acids is 2. The van der Waals surface area contributed by atoms with E-state index in [-0.39, 0.29) is 12.2 Å². The van der Waals surface area contributed by atoms with Crippen molar-refractivity contribution < 1.29 is 14.3 Å². The lowest BCUT2D eigenvalue weighted by molar-refractivity contribution is -0.112. The number of amides is 1. The lowest BCUT2D eigenvalue weighted by atomic mass is 10.1. The molecule has 0 spiro atoms. The third kappa shape index (κ3) is 4.80. The second-order valence-electron chi connectivity index (χ2n) is 5.16. The Hall–Kier alpha value is -3.90. The third-order valence-electron chi connectivity index (χ3n) is 3.37. The van der Waals surface area contributed by atoms with Crippen molar-refractivity contribution in [2.45, 2.75) is 6.92 Å². The van der Waals surface area contributed by atoms with Crippen molar-refractivity contribution in [3.05, 3.63) is 70.8 Å². The van der Waals surface area contributed by atoms with E-state index in [1.54, 1.807) is 43.3 Å². The average molecular weight is 345 g/mol. The molecule has 0 bridgehead atoms. The van der Waals surface area contributed by atoms with Crippen LogP contribution in [0.5, 0.6) is 0 Å². The highest BCUT2D eigenvalue weighted by Crippen LogP contribution is 2.14. The molecule has 0 aliphatic heterocycles. The lowest BCUT2D eigenvalue weighted by Crippen LogP contribution is -2.13. The smallest absolute Gasteiger partial charge is 0.338 e. The Kier molecular flexibility index (Phi) is 6.25. The second kappa shape index (κ2) is 8.81. The fraction of sp³-hybridized carbons (Fsp3) is 0.100. The van der Waals surface area contributed by atoms with Gasteiger partial charge in [-0.25, -0.2) is 4.79 Å². The van der Waals surface area contributed by atoms with Gasteiger partial charge in [0.2, 0.25) is 0 Å². The molecule has 0 saturated carbocycles. The van der Waals surface area contributed by atoms with Crippen molar-refractivity contribution in [1.29, 1.82) is 10.5 Å². The number of nitrogens with zero attached hydrogens (tertiary/aromatic N) is 2. The quantitative estimate of drug-likeness (QED) is 0.509. The Morgan fingerprint density at radius 3 is 2.27 bits per heavy atom. The molecular weight excluding hydrogens is 330 g/mol. The molecule has 128 valence electrons. The number of ether oxygens (including phenoxy) is 1. The highest BCUT2D eigenvalue weighted by Gasteiger charge is 2.11. The van der Waals surface area contributed by atoms with Gasteiger partial charge in [-0.15, -0.1) is 0 Å². The van der Waals surface area contributed by atoms with Crippen molar-refractivity contribution in [3.8, 4) is 12.1 Å². The number of nitriles is 2. The summed E-state index contributed by atoms with van der Waals surface area (Å²) in [7, 11) is 0. The van der Waals surface area contributed by atoms with Crippen molar-refractivity contribution in [2.75, 3.05) is 11.9 Å². The predicted octanol–water partition coefficient (Wildman–Crippen LogP) is 3.28. The summed E-state index contributed by atoms with van der Waals surface area (Å²) in [6, 6.07) is 16.5. The molecule has 26 heavy (non-hydrogen) atoms. The molecule has 6 heteroatoms. The Balaban J connectivity index is 2.11. The molecule has 0 aliphatic rings. The molecule has 0 aromatic heterocycles. The summed E-state index contributed by atoms with van der Waals surface area (Å²) in [4.78, 5) is 23.8. The number of hydrogen-bond donors (Lipinski definition) is 1. The maximum Gasteiger partial charge on any atom is 0.338 e. The van der Waals surface area contributed by atoms with Crippen LogP contribution in [0.1, 0.15) is 28.4 Å². The van der Waals surface area contributed by atoms with Crippen molar-refractivity contribution in [2.24, 2.45) is 0 Å². The van der Waals surface area contributed by atoms with Gasteiger partial charge in [-0.2, -0.15) is 10.5 Å². The van der Waals surface area contributed by atoms with Crippen LogP contribution in [-0.4, -0.2) is 18.5 Å². The van der Waals surface area contributed by atoms with Crippen LogP contribution in [-0.2, 0) is 9.53 Å². The maximum absolute atomic E-state index is 12.2. The number of esters is 1. The molecule has 0 aliphatic carbocycles. The van der Waals surface area contributed by atoms with Gasteiger partial charge in [0.1, 0.15) is 11.6 Å². The van der Waals surface area contributed by atoms with Crippen LogP contribution in [0.4, 0.5) is 5.69 Å². The van der Waals surface area contributed by atoms with Gasteiger partial charge in [0.15, 0.2) is 0 Å². The normalized spacial score (nSPS) is 10.3. The number of anilines is 1.